The molecule has 31 heavy (non-hydrogen) atoms. The summed E-state index contributed by atoms with van der Waals surface area (Å²) >= 11 is 0. The molecule has 0 radical (unpaired) electrons. The maximum Gasteiger partial charge on any atom is 0.255 e. The fraction of sp³-hybridized carbons (Fsp3) is 0.200. The van der Waals surface area contributed by atoms with Crippen molar-refractivity contribution in [3.63, 3.8) is 0 Å². The van der Waals surface area contributed by atoms with Gasteiger partial charge < -0.3 is 19.2 Å². The second-order valence-electron chi connectivity index (χ2n) is 7.13. The van der Waals surface area contributed by atoms with Crippen LogP contribution in [-0.2, 0) is 18.0 Å². The van der Waals surface area contributed by atoms with Crippen molar-refractivity contribution in [2.24, 2.45) is 0 Å². The smallest absolute Gasteiger partial charge is 0.255 e. The van der Waals surface area contributed by atoms with E-state index in [0.717, 1.165) is 23.3 Å². The van der Waals surface area contributed by atoms with Gasteiger partial charge >= 0.3 is 0 Å². The Kier molecular flexibility index (Phi) is 6.92. The van der Waals surface area contributed by atoms with Crippen LogP contribution in [0, 0.1) is 0 Å². The number of carbonyl (C=O) groups excluding carboxylic acids is 1. The van der Waals surface area contributed by atoms with Crippen molar-refractivity contribution in [2.75, 3.05) is 13.2 Å². The number of rotatable bonds is 10. The predicted molar refractivity (Wildman–Crippen MR) is 119 cm³/mol. The lowest BCUT2D eigenvalue weighted by Gasteiger charge is -2.11. The highest BCUT2D eigenvalue weighted by atomic mass is 16.5. The van der Waals surface area contributed by atoms with Gasteiger partial charge in [-0.1, -0.05) is 48.5 Å². The number of para-hydroxylation sites is 1. The van der Waals surface area contributed by atoms with Gasteiger partial charge in [0, 0.05) is 25.5 Å². The number of nitrogens with one attached hydrogen (secondary N) is 1. The largest absolute Gasteiger partial charge is 0.486 e. The van der Waals surface area contributed by atoms with Gasteiger partial charge in [0.05, 0.1) is 17.9 Å². The lowest BCUT2D eigenvalue weighted by molar-refractivity contribution is 0.0930. The molecule has 0 atom stereocenters. The number of aromatic nitrogens is 2. The van der Waals surface area contributed by atoms with Crippen molar-refractivity contribution in [1.29, 1.82) is 0 Å². The third-order valence-corrected chi connectivity index (χ3v) is 4.78. The van der Waals surface area contributed by atoms with E-state index in [2.05, 4.69) is 10.3 Å². The Hall–Kier alpha value is -3.64. The summed E-state index contributed by atoms with van der Waals surface area (Å²) in [6, 6.07) is 23.1. The lowest BCUT2D eigenvalue weighted by Crippen LogP contribution is -2.25. The Bertz CT molecular complexity index is 1090. The molecule has 0 unspecified atom stereocenters. The first-order chi connectivity index (χ1) is 15.3. The Labute approximate surface area is 181 Å². The first-order valence-electron chi connectivity index (χ1n) is 10.3. The van der Waals surface area contributed by atoms with Gasteiger partial charge in [-0.05, 0) is 36.2 Å². The summed E-state index contributed by atoms with van der Waals surface area (Å²) in [5.41, 5.74) is 3.32. The maximum absolute atomic E-state index is 12.6. The molecule has 6 heteroatoms. The Morgan fingerprint density at radius 3 is 2.61 bits per heavy atom. The van der Waals surface area contributed by atoms with E-state index in [9.17, 15) is 4.79 Å². The fourth-order valence-corrected chi connectivity index (χ4v) is 3.22. The van der Waals surface area contributed by atoms with E-state index in [4.69, 9.17) is 9.47 Å². The van der Waals surface area contributed by atoms with Crippen LogP contribution in [0.25, 0.3) is 5.65 Å². The molecule has 6 nitrogen and oxygen atoms in total. The third-order valence-electron chi connectivity index (χ3n) is 4.78. The van der Waals surface area contributed by atoms with Gasteiger partial charge in [-0.2, -0.15) is 0 Å². The highest BCUT2D eigenvalue weighted by Crippen LogP contribution is 2.19. The molecule has 1 N–H and O–H groups in total. The van der Waals surface area contributed by atoms with Crippen LogP contribution >= 0.6 is 0 Å². The zero-order valence-electron chi connectivity index (χ0n) is 17.2. The average molecular weight is 415 g/mol. The molecule has 4 rings (SSSR count). The summed E-state index contributed by atoms with van der Waals surface area (Å²) in [5.74, 6) is 0.381. The normalized spacial score (nSPS) is 10.8. The van der Waals surface area contributed by atoms with Gasteiger partial charge in [0.25, 0.3) is 5.91 Å². The molecule has 2 heterocycles. The van der Waals surface area contributed by atoms with Crippen molar-refractivity contribution in [3.05, 3.63) is 102 Å². The van der Waals surface area contributed by atoms with Crippen LogP contribution in [0.15, 0.2) is 85.2 Å². The van der Waals surface area contributed by atoms with Gasteiger partial charge in [0.2, 0.25) is 0 Å². The monoisotopic (exact) mass is 415 g/mol. The van der Waals surface area contributed by atoms with Gasteiger partial charge in [-0.3, -0.25) is 4.79 Å². The SMILES string of the molecule is O=C(NCCCOCc1ccccc1)c1ccccc1OCc1cn2ccccc2n1. The van der Waals surface area contributed by atoms with Gasteiger partial charge in [0.1, 0.15) is 18.0 Å². The van der Waals surface area contributed by atoms with Crippen LogP contribution < -0.4 is 10.1 Å². The lowest BCUT2D eigenvalue weighted by atomic mass is 10.2. The number of pyridine rings is 1. The first kappa shape index (κ1) is 20.6. The summed E-state index contributed by atoms with van der Waals surface area (Å²) in [4.78, 5) is 17.1. The Morgan fingerprint density at radius 2 is 1.74 bits per heavy atom. The van der Waals surface area contributed by atoms with E-state index in [1.807, 2.05) is 77.5 Å². The number of hydrogen-bond donors (Lipinski definition) is 1. The van der Waals surface area contributed by atoms with Crippen LogP contribution in [-0.4, -0.2) is 28.4 Å². The average Bonchev–Trinajstić information content (AvgIpc) is 3.24. The van der Waals surface area contributed by atoms with Gasteiger partial charge in [-0.15, -0.1) is 0 Å². The van der Waals surface area contributed by atoms with Crippen LogP contribution in [0.1, 0.15) is 28.0 Å². The molecule has 0 aliphatic heterocycles. The topological polar surface area (TPSA) is 64.9 Å². The Balaban J connectivity index is 1.24. The van der Waals surface area contributed by atoms with Crippen molar-refractivity contribution < 1.29 is 14.3 Å². The fourth-order valence-electron chi connectivity index (χ4n) is 3.22. The number of amides is 1. The molecule has 0 fully saturated rings. The van der Waals surface area contributed by atoms with E-state index in [0.29, 0.717) is 37.7 Å². The highest BCUT2D eigenvalue weighted by molar-refractivity contribution is 5.96. The van der Waals surface area contributed by atoms with Crippen molar-refractivity contribution in [1.82, 2.24) is 14.7 Å². The molecular formula is C25H25N3O3. The van der Waals surface area contributed by atoms with E-state index in [1.165, 1.54) is 0 Å². The minimum Gasteiger partial charge on any atom is -0.486 e. The summed E-state index contributed by atoms with van der Waals surface area (Å²) in [6.07, 6.45) is 4.60. The molecule has 0 saturated carbocycles. The van der Waals surface area contributed by atoms with Crippen LogP contribution in [0.2, 0.25) is 0 Å². The third kappa shape index (κ3) is 5.71. The van der Waals surface area contributed by atoms with Gasteiger partial charge in [-0.25, -0.2) is 4.98 Å². The van der Waals surface area contributed by atoms with Gasteiger partial charge in [0.15, 0.2) is 0 Å². The van der Waals surface area contributed by atoms with Crippen LogP contribution in [0.4, 0.5) is 0 Å². The standard InChI is InChI=1S/C25H25N3O3/c29-25(26-14-8-16-30-18-20-9-2-1-3-10-20)22-11-4-5-12-23(22)31-19-21-17-28-15-7-6-13-24(28)27-21/h1-7,9-13,15,17H,8,14,16,18-19H2,(H,26,29). The summed E-state index contributed by atoms with van der Waals surface area (Å²) in [5, 5.41) is 2.94. The van der Waals surface area contributed by atoms with Crippen LogP contribution in [0.5, 0.6) is 5.75 Å². The number of carbonyl (C=O) groups is 1. The zero-order chi connectivity index (χ0) is 21.3. The predicted octanol–water partition coefficient (Wildman–Crippen LogP) is 4.25. The number of nitrogens with zero attached hydrogens (tertiary/aromatic N) is 2. The number of ether oxygens (including phenoxy) is 2. The molecule has 0 saturated heterocycles. The minimum absolute atomic E-state index is 0.159. The number of benzene rings is 2. The van der Waals surface area contributed by atoms with Crippen molar-refractivity contribution >= 4 is 11.6 Å². The number of fused-ring (bicyclic) bond motifs is 1. The minimum atomic E-state index is -0.159. The molecule has 0 aliphatic carbocycles. The molecule has 0 aliphatic rings. The van der Waals surface area contributed by atoms with Crippen molar-refractivity contribution in [2.45, 2.75) is 19.6 Å². The molecule has 0 spiro atoms. The summed E-state index contributed by atoms with van der Waals surface area (Å²) in [7, 11) is 0. The number of imidazole rings is 1. The second kappa shape index (κ2) is 10.4. The zero-order valence-corrected chi connectivity index (χ0v) is 17.2. The molecular weight excluding hydrogens is 390 g/mol. The molecule has 0 bridgehead atoms. The first-order valence-corrected chi connectivity index (χ1v) is 10.3. The summed E-state index contributed by atoms with van der Waals surface area (Å²) in [6.45, 7) is 1.99. The molecule has 2 aromatic carbocycles. The molecule has 158 valence electrons. The van der Waals surface area contributed by atoms with E-state index >= 15 is 0 Å². The summed E-state index contributed by atoms with van der Waals surface area (Å²) < 4.78 is 13.5. The van der Waals surface area contributed by atoms with Crippen molar-refractivity contribution in [3.8, 4) is 5.75 Å². The maximum atomic E-state index is 12.6. The molecule has 1 amide bonds. The number of hydrogen-bond acceptors (Lipinski definition) is 4. The Morgan fingerprint density at radius 1 is 0.935 bits per heavy atom. The quantitative estimate of drug-likeness (QED) is 0.393. The molecule has 4 aromatic rings. The highest BCUT2D eigenvalue weighted by Gasteiger charge is 2.12. The van der Waals surface area contributed by atoms with Crippen LogP contribution in [0.3, 0.4) is 0 Å². The van der Waals surface area contributed by atoms with E-state index < -0.39 is 0 Å². The second-order valence-corrected chi connectivity index (χ2v) is 7.13. The molecule has 2 aromatic heterocycles. The van der Waals surface area contributed by atoms with E-state index in [1.54, 1.807) is 12.1 Å². The van der Waals surface area contributed by atoms with E-state index in [-0.39, 0.29) is 5.91 Å².